The van der Waals surface area contributed by atoms with Gasteiger partial charge in [0, 0.05) is 6.92 Å². The molecule has 0 aromatic carbocycles. The van der Waals surface area contributed by atoms with Gasteiger partial charge in [0.1, 0.15) is 0 Å². The molecule has 0 spiro atoms. The summed E-state index contributed by atoms with van der Waals surface area (Å²) in [7, 11) is 0. The van der Waals surface area contributed by atoms with Gasteiger partial charge in [-0.2, -0.15) is 8.78 Å². The summed E-state index contributed by atoms with van der Waals surface area (Å²) < 4.78 is 26.3. The van der Waals surface area contributed by atoms with Gasteiger partial charge in [-0.15, -0.1) is 11.3 Å². The summed E-state index contributed by atoms with van der Waals surface area (Å²) in [5.41, 5.74) is 0.0179. The van der Waals surface area contributed by atoms with Crippen molar-refractivity contribution in [3.05, 3.63) is 19.2 Å². The fourth-order valence-electron chi connectivity index (χ4n) is 0.732. The number of rotatable bonds is 2. The first kappa shape index (κ1) is 11.3. The van der Waals surface area contributed by atoms with E-state index in [2.05, 4.69) is 31.9 Å². The number of ketones is 1. The smallest absolute Gasteiger partial charge is 0.287 e. The van der Waals surface area contributed by atoms with Crippen molar-refractivity contribution in [2.45, 2.75) is 12.8 Å². The second-order valence-electron chi connectivity index (χ2n) is 2.46. The summed E-state index contributed by atoms with van der Waals surface area (Å²) in [6.07, 6.45) is 0. The van der Waals surface area contributed by atoms with Crippen LogP contribution in [0.5, 0.6) is 0 Å². The predicted octanol–water partition coefficient (Wildman–Crippen LogP) is 4.11. The number of alkyl halides is 2. The summed E-state index contributed by atoms with van der Waals surface area (Å²) in [5, 5.41) is 0. The Kier molecular flexibility index (Phi) is 3.24. The van der Waals surface area contributed by atoms with Gasteiger partial charge in [-0.25, -0.2) is 0 Å². The highest BCUT2D eigenvalue weighted by molar-refractivity contribution is 9.12. The first-order valence-electron chi connectivity index (χ1n) is 3.20. The van der Waals surface area contributed by atoms with Gasteiger partial charge >= 0.3 is 5.92 Å². The summed E-state index contributed by atoms with van der Waals surface area (Å²) in [5.74, 6) is -4.48. The van der Waals surface area contributed by atoms with Crippen molar-refractivity contribution in [2.24, 2.45) is 0 Å². The van der Waals surface area contributed by atoms with E-state index in [0.29, 0.717) is 14.5 Å². The minimum atomic E-state index is -3.32. The summed E-state index contributed by atoms with van der Waals surface area (Å²) in [4.78, 5) is 11.1. The third-order valence-electron chi connectivity index (χ3n) is 1.30. The number of halogens is 4. The van der Waals surface area contributed by atoms with Crippen molar-refractivity contribution in [3.63, 3.8) is 0 Å². The van der Waals surface area contributed by atoms with E-state index in [1.165, 1.54) is 17.4 Å². The quantitative estimate of drug-likeness (QED) is 0.744. The van der Waals surface area contributed by atoms with Gasteiger partial charge in [-0.05, 0) is 37.9 Å². The van der Waals surface area contributed by atoms with Crippen LogP contribution in [-0.4, -0.2) is 11.7 Å². The molecule has 0 aliphatic rings. The van der Waals surface area contributed by atoms with Crippen LogP contribution in [0.3, 0.4) is 0 Å². The zero-order chi connectivity index (χ0) is 10.2. The predicted molar refractivity (Wildman–Crippen MR) is 54.7 cm³/mol. The molecule has 0 unspecified atom stereocenters. The average Bonchev–Trinajstić information content (AvgIpc) is 2.26. The third kappa shape index (κ3) is 2.57. The molecule has 1 aromatic rings. The molecule has 72 valence electrons. The topological polar surface area (TPSA) is 17.1 Å². The zero-order valence-corrected chi connectivity index (χ0v) is 10.4. The molecule has 0 N–H and O–H groups in total. The van der Waals surface area contributed by atoms with Gasteiger partial charge in [0.05, 0.1) is 13.1 Å². The zero-order valence-electron chi connectivity index (χ0n) is 6.41. The molecule has 0 radical (unpaired) electrons. The Labute approximate surface area is 94.4 Å². The van der Waals surface area contributed by atoms with E-state index in [0.717, 1.165) is 0 Å². The van der Waals surface area contributed by atoms with E-state index in [1.54, 1.807) is 0 Å². The van der Waals surface area contributed by atoms with Crippen LogP contribution in [0, 0.1) is 0 Å². The molecule has 1 heterocycles. The van der Waals surface area contributed by atoms with E-state index in [-0.39, 0.29) is 5.56 Å². The molecule has 0 atom stereocenters. The van der Waals surface area contributed by atoms with Gasteiger partial charge in [0.15, 0.2) is 0 Å². The van der Waals surface area contributed by atoms with Crippen molar-refractivity contribution in [3.8, 4) is 0 Å². The van der Waals surface area contributed by atoms with Crippen molar-refractivity contribution in [1.82, 2.24) is 0 Å². The molecule has 0 amide bonds. The molecular weight excluding hydrogens is 330 g/mol. The van der Waals surface area contributed by atoms with Crippen LogP contribution < -0.4 is 0 Å². The number of carbonyl (C=O) groups excluding carboxylic acids is 1. The minimum Gasteiger partial charge on any atom is -0.287 e. The van der Waals surface area contributed by atoms with Gasteiger partial charge in [-0.1, -0.05) is 0 Å². The Balaban J connectivity index is 3.09. The molecule has 0 aliphatic carbocycles. The Morgan fingerprint density at radius 2 is 2.08 bits per heavy atom. The molecule has 0 bridgehead atoms. The molecule has 0 saturated heterocycles. The highest BCUT2D eigenvalue weighted by Gasteiger charge is 2.35. The van der Waals surface area contributed by atoms with Crippen molar-refractivity contribution < 1.29 is 13.6 Å². The van der Waals surface area contributed by atoms with Gasteiger partial charge in [0.2, 0.25) is 5.78 Å². The maximum absolute atomic E-state index is 12.6. The Hall–Kier alpha value is 0.190. The SMILES string of the molecule is CC(F)(F)C(=O)c1cc(Br)sc1Br. The Morgan fingerprint density at radius 3 is 2.38 bits per heavy atom. The standard InChI is InChI=1S/C7H4Br2F2OS/c1-7(10,11)5(12)3-2-4(8)13-6(3)9/h2H,1H3. The van der Waals surface area contributed by atoms with Crippen LogP contribution in [0.1, 0.15) is 17.3 Å². The van der Waals surface area contributed by atoms with Crippen LogP contribution in [0.25, 0.3) is 0 Å². The van der Waals surface area contributed by atoms with Crippen LogP contribution >= 0.6 is 43.2 Å². The molecule has 13 heavy (non-hydrogen) atoms. The molecule has 0 saturated carbocycles. The van der Waals surface area contributed by atoms with Crippen LogP contribution in [0.4, 0.5) is 8.78 Å². The van der Waals surface area contributed by atoms with Crippen LogP contribution in [-0.2, 0) is 0 Å². The van der Waals surface area contributed by atoms with E-state index in [9.17, 15) is 13.6 Å². The maximum atomic E-state index is 12.6. The lowest BCUT2D eigenvalue weighted by atomic mass is 10.1. The fourth-order valence-corrected chi connectivity index (χ4v) is 3.52. The second-order valence-corrected chi connectivity index (χ2v) is 6.20. The number of hydrogen-bond acceptors (Lipinski definition) is 2. The van der Waals surface area contributed by atoms with Crippen LogP contribution in [0.2, 0.25) is 0 Å². The molecule has 6 heteroatoms. The maximum Gasteiger partial charge on any atom is 0.307 e. The molecule has 1 nitrogen and oxygen atoms in total. The summed E-state index contributed by atoms with van der Waals surface area (Å²) in [6.45, 7) is 0.591. The van der Waals surface area contributed by atoms with Crippen molar-refractivity contribution in [1.29, 1.82) is 0 Å². The average molecular weight is 334 g/mol. The number of thiophene rings is 1. The number of carbonyl (C=O) groups is 1. The highest BCUT2D eigenvalue weighted by Crippen LogP contribution is 2.34. The van der Waals surface area contributed by atoms with Gasteiger partial charge in [-0.3, -0.25) is 4.79 Å². The van der Waals surface area contributed by atoms with Gasteiger partial charge in [0.25, 0.3) is 0 Å². The lowest BCUT2D eigenvalue weighted by Crippen LogP contribution is -2.24. The highest BCUT2D eigenvalue weighted by atomic mass is 79.9. The molecule has 1 aromatic heterocycles. The van der Waals surface area contributed by atoms with Crippen molar-refractivity contribution >= 4 is 49.0 Å². The number of hydrogen-bond donors (Lipinski definition) is 0. The lowest BCUT2D eigenvalue weighted by molar-refractivity contribution is 0.0221. The third-order valence-corrected chi connectivity index (χ3v) is 3.64. The van der Waals surface area contributed by atoms with E-state index in [4.69, 9.17) is 0 Å². The van der Waals surface area contributed by atoms with E-state index < -0.39 is 11.7 Å². The van der Waals surface area contributed by atoms with Crippen molar-refractivity contribution in [2.75, 3.05) is 0 Å². The Morgan fingerprint density at radius 1 is 1.54 bits per heavy atom. The number of Topliss-reactive ketones (excluding diaryl/α,β-unsaturated/α-hetero) is 1. The Bertz CT molecular complexity index is 343. The fraction of sp³-hybridized carbons (Fsp3) is 0.286. The van der Waals surface area contributed by atoms with Crippen LogP contribution in [0.15, 0.2) is 13.6 Å². The molecule has 1 rings (SSSR count). The summed E-state index contributed by atoms with van der Waals surface area (Å²) >= 11 is 7.35. The normalized spacial score (nSPS) is 11.8. The minimum absolute atomic E-state index is 0.0179. The first-order valence-corrected chi connectivity index (χ1v) is 5.60. The largest absolute Gasteiger partial charge is 0.307 e. The summed E-state index contributed by atoms with van der Waals surface area (Å²) in [6, 6.07) is 1.38. The first-order chi connectivity index (χ1) is 5.82. The molecule has 0 fully saturated rings. The monoisotopic (exact) mass is 332 g/mol. The molecule has 0 aliphatic heterocycles. The molecular formula is C7H4Br2F2OS. The lowest BCUT2D eigenvalue weighted by Gasteiger charge is -2.06. The van der Waals surface area contributed by atoms with E-state index >= 15 is 0 Å². The second kappa shape index (κ2) is 3.74. The van der Waals surface area contributed by atoms with Gasteiger partial charge < -0.3 is 0 Å². The van der Waals surface area contributed by atoms with E-state index in [1.807, 2.05) is 0 Å².